The molecule has 0 aliphatic heterocycles. The molecule has 0 aliphatic carbocycles. The summed E-state index contributed by atoms with van der Waals surface area (Å²) in [4.78, 5) is 15.0. The van der Waals surface area contributed by atoms with Gasteiger partial charge in [0.1, 0.15) is 5.82 Å². The van der Waals surface area contributed by atoms with Gasteiger partial charge >= 0.3 is 0 Å². The molecule has 2 heterocycles. The summed E-state index contributed by atoms with van der Waals surface area (Å²) in [5.74, 6) is -0.542. The molecule has 4 aromatic rings. The minimum Gasteiger partial charge on any atom is -0.346 e. The third-order valence-corrected chi connectivity index (χ3v) is 5.14. The van der Waals surface area contributed by atoms with Crippen LogP contribution in [-0.2, 0) is 6.54 Å². The van der Waals surface area contributed by atoms with Crippen LogP contribution in [0.15, 0.2) is 60.9 Å². The Morgan fingerprint density at radius 2 is 1.90 bits per heavy atom. The zero-order valence-corrected chi connectivity index (χ0v) is 17.3. The highest BCUT2D eigenvalue weighted by Crippen LogP contribution is 2.22. The molecular weight excluding hydrogens is 381 g/mol. The topological polar surface area (TPSA) is 55.1 Å². The summed E-state index contributed by atoms with van der Waals surface area (Å²) in [7, 11) is 4.11. The lowest BCUT2D eigenvalue weighted by Crippen LogP contribution is -2.17. The molecule has 0 saturated heterocycles. The summed E-state index contributed by atoms with van der Waals surface area (Å²) < 4.78 is 17.0. The van der Waals surface area contributed by atoms with E-state index >= 15 is 0 Å². The fourth-order valence-corrected chi connectivity index (χ4v) is 3.45. The highest BCUT2D eigenvalue weighted by atomic mass is 19.1. The van der Waals surface area contributed by atoms with E-state index in [1.807, 2.05) is 25.1 Å². The number of aromatic nitrogens is 3. The molecule has 4 rings (SSSR count). The summed E-state index contributed by atoms with van der Waals surface area (Å²) in [6, 6.07) is 14.0. The Morgan fingerprint density at radius 1 is 1.13 bits per heavy atom. The van der Waals surface area contributed by atoms with Crippen molar-refractivity contribution in [3.63, 3.8) is 0 Å². The van der Waals surface area contributed by atoms with Gasteiger partial charge in [0.25, 0.3) is 5.91 Å². The molecule has 1 N–H and O–H groups in total. The highest BCUT2D eigenvalue weighted by Gasteiger charge is 2.16. The van der Waals surface area contributed by atoms with Crippen molar-refractivity contribution < 1.29 is 9.18 Å². The third kappa shape index (κ3) is 3.97. The van der Waals surface area contributed by atoms with Gasteiger partial charge in [0.15, 0.2) is 0 Å². The first kappa shape index (κ1) is 19.8. The van der Waals surface area contributed by atoms with Crippen molar-refractivity contribution in [1.82, 2.24) is 19.2 Å². The molecule has 2 aromatic heterocycles. The van der Waals surface area contributed by atoms with Gasteiger partial charge in [0, 0.05) is 35.9 Å². The van der Waals surface area contributed by atoms with Crippen LogP contribution in [0.3, 0.4) is 0 Å². The number of rotatable bonds is 6. The predicted molar refractivity (Wildman–Crippen MR) is 117 cm³/mol. The molecule has 0 unspecified atom stereocenters. The Hall–Kier alpha value is -3.45. The van der Waals surface area contributed by atoms with Crippen LogP contribution < -0.4 is 5.32 Å². The summed E-state index contributed by atoms with van der Waals surface area (Å²) in [5.41, 5.74) is 3.73. The van der Waals surface area contributed by atoms with Gasteiger partial charge < -0.3 is 14.8 Å². The first-order chi connectivity index (χ1) is 14.4. The number of carbonyl (C=O) groups is 1. The van der Waals surface area contributed by atoms with Crippen LogP contribution in [0.4, 0.5) is 10.1 Å². The van der Waals surface area contributed by atoms with Crippen molar-refractivity contribution in [3.05, 3.63) is 78.0 Å². The largest absolute Gasteiger partial charge is 0.346 e. The van der Waals surface area contributed by atoms with Crippen molar-refractivity contribution in [2.75, 3.05) is 26.0 Å². The SMILES string of the molecule is Cc1c(C(=O)Nc2ccc3c(ccn3CCN(C)C)c2)cnn1-c1ccc(F)cc1. The van der Waals surface area contributed by atoms with Crippen LogP contribution in [0, 0.1) is 12.7 Å². The maximum absolute atomic E-state index is 13.2. The second-order valence-electron chi connectivity index (χ2n) is 7.57. The van der Waals surface area contributed by atoms with E-state index in [1.165, 1.54) is 18.3 Å². The van der Waals surface area contributed by atoms with Gasteiger partial charge in [-0.1, -0.05) is 0 Å². The zero-order chi connectivity index (χ0) is 21.3. The van der Waals surface area contributed by atoms with Crippen LogP contribution in [0.2, 0.25) is 0 Å². The van der Waals surface area contributed by atoms with Crippen molar-refractivity contribution in [2.24, 2.45) is 0 Å². The summed E-state index contributed by atoms with van der Waals surface area (Å²) in [5, 5.41) is 8.32. The number of hydrogen-bond acceptors (Lipinski definition) is 3. The molecule has 0 fully saturated rings. The standard InChI is InChI=1S/C23H24FN5O/c1-16-21(15-25-29(16)20-7-4-18(24)5-8-20)23(30)26-19-6-9-22-17(14-19)10-11-28(22)13-12-27(2)3/h4-11,14-15H,12-13H2,1-3H3,(H,26,30). The van der Waals surface area contributed by atoms with E-state index < -0.39 is 0 Å². The number of fused-ring (bicyclic) bond motifs is 1. The highest BCUT2D eigenvalue weighted by molar-refractivity contribution is 6.05. The molecule has 0 aliphatic rings. The number of benzene rings is 2. The molecule has 0 spiro atoms. The van der Waals surface area contributed by atoms with E-state index in [1.54, 1.807) is 16.8 Å². The second kappa shape index (κ2) is 8.12. The Morgan fingerprint density at radius 3 is 2.63 bits per heavy atom. The molecule has 154 valence electrons. The Bertz CT molecular complexity index is 1190. The molecule has 0 saturated carbocycles. The number of likely N-dealkylation sites (N-methyl/N-ethyl adjacent to an activating group) is 1. The molecule has 0 radical (unpaired) electrons. The van der Waals surface area contributed by atoms with E-state index in [0.717, 1.165) is 29.7 Å². The van der Waals surface area contributed by atoms with Crippen molar-refractivity contribution in [3.8, 4) is 5.69 Å². The molecule has 2 aromatic carbocycles. The Labute approximate surface area is 174 Å². The molecule has 0 bridgehead atoms. The summed E-state index contributed by atoms with van der Waals surface area (Å²) >= 11 is 0. The monoisotopic (exact) mass is 405 g/mol. The zero-order valence-electron chi connectivity index (χ0n) is 17.3. The quantitative estimate of drug-likeness (QED) is 0.526. The minimum atomic E-state index is -0.313. The molecule has 1 amide bonds. The molecule has 0 atom stereocenters. The summed E-state index contributed by atoms with van der Waals surface area (Å²) in [6.45, 7) is 3.68. The van der Waals surface area contributed by atoms with Crippen LogP contribution in [0.25, 0.3) is 16.6 Å². The first-order valence-electron chi connectivity index (χ1n) is 9.78. The lowest BCUT2D eigenvalue weighted by atomic mass is 10.2. The van der Waals surface area contributed by atoms with Gasteiger partial charge in [0.05, 0.1) is 23.1 Å². The minimum absolute atomic E-state index is 0.229. The number of amides is 1. The van der Waals surface area contributed by atoms with Crippen LogP contribution in [-0.4, -0.2) is 45.8 Å². The normalized spacial score (nSPS) is 11.4. The van der Waals surface area contributed by atoms with E-state index in [0.29, 0.717) is 16.9 Å². The average molecular weight is 405 g/mol. The third-order valence-electron chi connectivity index (χ3n) is 5.14. The molecule has 7 heteroatoms. The average Bonchev–Trinajstić information content (AvgIpc) is 3.30. The number of hydrogen-bond donors (Lipinski definition) is 1. The Balaban J connectivity index is 1.52. The van der Waals surface area contributed by atoms with E-state index in [9.17, 15) is 9.18 Å². The van der Waals surface area contributed by atoms with Gasteiger partial charge in [0.2, 0.25) is 0 Å². The molecule has 6 nitrogen and oxygen atoms in total. The fourth-order valence-electron chi connectivity index (χ4n) is 3.45. The smallest absolute Gasteiger partial charge is 0.259 e. The van der Waals surface area contributed by atoms with Gasteiger partial charge in [-0.05, 0) is 69.6 Å². The fraction of sp³-hybridized carbons (Fsp3) is 0.217. The predicted octanol–water partition coefficient (Wildman–Crippen LogP) is 4.09. The number of nitrogens with one attached hydrogen (secondary N) is 1. The maximum Gasteiger partial charge on any atom is 0.259 e. The van der Waals surface area contributed by atoms with Crippen LogP contribution in [0.5, 0.6) is 0 Å². The lowest BCUT2D eigenvalue weighted by Gasteiger charge is -2.11. The summed E-state index contributed by atoms with van der Waals surface area (Å²) in [6.07, 6.45) is 3.60. The van der Waals surface area contributed by atoms with E-state index in [4.69, 9.17) is 0 Å². The number of halogens is 1. The maximum atomic E-state index is 13.2. The van der Waals surface area contributed by atoms with Gasteiger partial charge in [-0.25, -0.2) is 9.07 Å². The van der Waals surface area contributed by atoms with Crippen molar-refractivity contribution >= 4 is 22.5 Å². The number of anilines is 1. The van der Waals surface area contributed by atoms with Gasteiger partial charge in [-0.3, -0.25) is 4.79 Å². The first-order valence-corrected chi connectivity index (χ1v) is 9.78. The van der Waals surface area contributed by atoms with Gasteiger partial charge in [-0.15, -0.1) is 0 Å². The van der Waals surface area contributed by atoms with Gasteiger partial charge in [-0.2, -0.15) is 5.10 Å². The van der Waals surface area contributed by atoms with Crippen molar-refractivity contribution in [1.29, 1.82) is 0 Å². The second-order valence-corrected chi connectivity index (χ2v) is 7.57. The van der Waals surface area contributed by atoms with Crippen LogP contribution >= 0.6 is 0 Å². The van der Waals surface area contributed by atoms with Crippen LogP contribution in [0.1, 0.15) is 16.1 Å². The molecular formula is C23H24FN5O. The molecule has 30 heavy (non-hydrogen) atoms. The Kier molecular flexibility index (Phi) is 5.37. The van der Waals surface area contributed by atoms with E-state index in [-0.39, 0.29) is 11.7 Å². The van der Waals surface area contributed by atoms with E-state index in [2.05, 4.69) is 46.2 Å². The lowest BCUT2D eigenvalue weighted by molar-refractivity contribution is 0.102. The number of nitrogens with zero attached hydrogens (tertiary/aromatic N) is 4. The van der Waals surface area contributed by atoms with Crippen molar-refractivity contribution in [2.45, 2.75) is 13.5 Å². The number of carbonyl (C=O) groups excluding carboxylic acids is 1.